The summed E-state index contributed by atoms with van der Waals surface area (Å²) in [6.07, 6.45) is 1.42. The van der Waals surface area contributed by atoms with Crippen molar-refractivity contribution in [3.8, 4) is 0 Å². The number of sulfonamides is 1. The van der Waals surface area contributed by atoms with E-state index < -0.39 is 21.7 Å². The standard InChI is InChI=1S/C19H15ClFN5O3S/c1-26-15-7-6-14(20)18(21)13(15)10-16(26)19(27)23-11-2-4-12(5-3-11)30(28,29)25-17-8-9-22-24-17/h2-10H,1H3,(H,23,27)(H2,22,24,25). The van der Waals surface area contributed by atoms with E-state index in [-0.39, 0.29) is 26.8 Å². The van der Waals surface area contributed by atoms with Crippen LogP contribution in [-0.4, -0.2) is 29.1 Å². The second kappa shape index (κ2) is 7.47. The number of anilines is 2. The van der Waals surface area contributed by atoms with E-state index >= 15 is 0 Å². The highest BCUT2D eigenvalue weighted by atomic mass is 35.5. The molecule has 0 aliphatic carbocycles. The first-order chi connectivity index (χ1) is 14.3. The minimum absolute atomic E-state index is 0.0106. The number of carbonyl (C=O) groups is 1. The van der Waals surface area contributed by atoms with Crippen LogP contribution in [0.1, 0.15) is 10.5 Å². The summed E-state index contributed by atoms with van der Waals surface area (Å²) < 4.78 is 42.9. The molecule has 4 rings (SSSR count). The average molecular weight is 448 g/mol. The molecule has 3 N–H and O–H groups in total. The van der Waals surface area contributed by atoms with E-state index in [9.17, 15) is 17.6 Å². The highest BCUT2D eigenvalue weighted by Crippen LogP contribution is 2.27. The number of nitrogens with zero attached hydrogens (tertiary/aromatic N) is 2. The van der Waals surface area contributed by atoms with Gasteiger partial charge in [-0.3, -0.25) is 14.6 Å². The van der Waals surface area contributed by atoms with Gasteiger partial charge < -0.3 is 9.88 Å². The number of aryl methyl sites for hydroxylation is 1. The van der Waals surface area contributed by atoms with Crippen LogP contribution in [0.4, 0.5) is 15.9 Å². The van der Waals surface area contributed by atoms with Crippen molar-refractivity contribution in [2.75, 3.05) is 10.0 Å². The molecule has 0 saturated carbocycles. The number of carbonyl (C=O) groups excluding carboxylic acids is 1. The van der Waals surface area contributed by atoms with E-state index in [1.165, 1.54) is 48.7 Å². The quantitative estimate of drug-likeness (QED) is 0.433. The second-order valence-electron chi connectivity index (χ2n) is 6.44. The van der Waals surface area contributed by atoms with Crippen molar-refractivity contribution >= 4 is 49.9 Å². The zero-order valence-corrected chi connectivity index (χ0v) is 17.1. The molecule has 11 heteroatoms. The highest BCUT2D eigenvalue weighted by molar-refractivity contribution is 7.92. The molecule has 8 nitrogen and oxygen atoms in total. The van der Waals surface area contributed by atoms with Crippen LogP contribution in [0, 0.1) is 5.82 Å². The molecule has 0 atom stereocenters. The predicted octanol–water partition coefficient (Wildman–Crippen LogP) is 3.75. The molecular formula is C19H15ClFN5O3S. The molecule has 0 spiro atoms. The van der Waals surface area contributed by atoms with Crippen LogP contribution in [0.25, 0.3) is 10.9 Å². The minimum Gasteiger partial charge on any atom is -0.340 e. The molecule has 0 aliphatic rings. The summed E-state index contributed by atoms with van der Waals surface area (Å²) in [5, 5.41) is 9.07. The van der Waals surface area contributed by atoms with Crippen LogP contribution in [0.5, 0.6) is 0 Å². The van der Waals surface area contributed by atoms with E-state index in [2.05, 4.69) is 20.2 Å². The maximum absolute atomic E-state index is 14.2. The summed E-state index contributed by atoms with van der Waals surface area (Å²) in [4.78, 5) is 12.7. The van der Waals surface area contributed by atoms with Crippen LogP contribution in [0.15, 0.2) is 59.6 Å². The smallest absolute Gasteiger partial charge is 0.272 e. The third-order valence-corrected chi connectivity index (χ3v) is 6.19. The monoisotopic (exact) mass is 447 g/mol. The lowest BCUT2D eigenvalue weighted by Crippen LogP contribution is -2.16. The summed E-state index contributed by atoms with van der Waals surface area (Å²) >= 11 is 5.81. The Labute approximate surface area is 175 Å². The molecule has 154 valence electrons. The average Bonchev–Trinajstić information content (AvgIpc) is 3.33. The van der Waals surface area contributed by atoms with Gasteiger partial charge in [-0.15, -0.1) is 0 Å². The number of fused-ring (bicyclic) bond motifs is 1. The van der Waals surface area contributed by atoms with E-state index in [1.807, 2.05) is 0 Å². The van der Waals surface area contributed by atoms with Gasteiger partial charge in [0.1, 0.15) is 11.5 Å². The lowest BCUT2D eigenvalue weighted by Gasteiger charge is -2.09. The van der Waals surface area contributed by atoms with Crippen molar-refractivity contribution in [2.45, 2.75) is 4.90 Å². The number of amides is 1. The van der Waals surface area contributed by atoms with E-state index in [0.29, 0.717) is 11.2 Å². The van der Waals surface area contributed by atoms with Gasteiger partial charge in [-0.05, 0) is 42.5 Å². The van der Waals surface area contributed by atoms with Gasteiger partial charge in [0.05, 0.1) is 21.6 Å². The van der Waals surface area contributed by atoms with Crippen LogP contribution in [0.3, 0.4) is 0 Å². The molecule has 2 aromatic carbocycles. The Morgan fingerprint density at radius 2 is 1.90 bits per heavy atom. The number of nitrogens with one attached hydrogen (secondary N) is 3. The molecule has 0 bridgehead atoms. The molecule has 0 saturated heterocycles. The lowest BCUT2D eigenvalue weighted by atomic mass is 10.2. The molecule has 30 heavy (non-hydrogen) atoms. The fourth-order valence-corrected chi connectivity index (χ4v) is 4.18. The Hall–Kier alpha value is -3.37. The van der Waals surface area contributed by atoms with E-state index in [1.54, 1.807) is 17.7 Å². The number of aromatic amines is 1. The first-order valence-electron chi connectivity index (χ1n) is 8.63. The maximum Gasteiger partial charge on any atom is 0.272 e. The number of aromatic nitrogens is 3. The van der Waals surface area contributed by atoms with Crippen LogP contribution < -0.4 is 10.0 Å². The molecule has 2 aromatic heterocycles. The van der Waals surface area contributed by atoms with Crippen LogP contribution in [-0.2, 0) is 17.1 Å². The Balaban J connectivity index is 1.55. The third-order valence-electron chi connectivity index (χ3n) is 4.51. The Morgan fingerprint density at radius 1 is 1.17 bits per heavy atom. The lowest BCUT2D eigenvalue weighted by molar-refractivity contribution is 0.101. The van der Waals surface area contributed by atoms with Gasteiger partial charge in [0.25, 0.3) is 15.9 Å². The number of hydrogen-bond acceptors (Lipinski definition) is 4. The number of H-pyrrole nitrogens is 1. The fourth-order valence-electron chi connectivity index (χ4n) is 3.00. The third kappa shape index (κ3) is 3.62. The maximum atomic E-state index is 14.2. The molecule has 0 unspecified atom stereocenters. The molecule has 2 heterocycles. The predicted molar refractivity (Wildman–Crippen MR) is 112 cm³/mol. The van der Waals surface area contributed by atoms with Gasteiger partial charge in [0.2, 0.25) is 0 Å². The summed E-state index contributed by atoms with van der Waals surface area (Å²) in [7, 11) is -2.17. The zero-order chi connectivity index (χ0) is 21.5. The Bertz CT molecular complexity index is 1350. The van der Waals surface area contributed by atoms with Gasteiger partial charge in [0, 0.05) is 24.2 Å². The van der Waals surface area contributed by atoms with Crippen molar-refractivity contribution in [3.05, 3.63) is 71.3 Å². The topological polar surface area (TPSA) is 109 Å². The molecule has 1 amide bonds. The Morgan fingerprint density at radius 3 is 2.57 bits per heavy atom. The number of hydrogen-bond donors (Lipinski definition) is 3. The van der Waals surface area contributed by atoms with Gasteiger partial charge in [-0.25, -0.2) is 12.8 Å². The Kier molecular flexibility index (Phi) is 4.96. The van der Waals surface area contributed by atoms with Gasteiger partial charge in [0.15, 0.2) is 5.82 Å². The van der Waals surface area contributed by atoms with E-state index in [0.717, 1.165) is 0 Å². The van der Waals surface area contributed by atoms with E-state index in [4.69, 9.17) is 11.6 Å². The van der Waals surface area contributed by atoms with Gasteiger partial charge in [-0.1, -0.05) is 11.6 Å². The van der Waals surface area contributed by atoms with Crippen molar-refractivity contribution in [1.82, 2.24) is 14.8 Å². The zero-order valence-electron chi connectivity index (χ0n) is 15.5. The summed E-state index contributed by atoms with van der Waals surface area (Å²) in [6, 6.07) is 11.6. The summed E-state index contributed by atoms with van der Waals surface area (Å²) in [5.74, 6) is -0.839. The molecule has 4 aromatic rings. The fraction of sp³-hybridized carbons (Fsp3) is 0.0526. The number of benzene rings is 2. The largest absolute Gasteiger partial charge is 0.340 e. The van der Waals surface area contributed by atoms with Gasteiger partial charge >= 0.3 is 0 Å². The molecule has 0 fully saturated rings. The van der Waals surface area contributed by atoms with Crippen LogP contribution >= 0.6 is 11.6 Å². The molecule has 0 radical (unpaired) electrons. The van der Waals surface area contributed by atoms with Crippen molar-refractivity contribution in [3.63, 3.8) is 0 Å². The second-order valence-corrected chi connectivity index (χ2v) is 8.53. The summed E-state index contributed by atoms with van der Waals surface area (Å²) in [6.45, 7) is 0. The van der Waals surface area contributed by atoms with Crippen molar-refractivity contribution in [2.24, 2.45) is 7.05 Å². The van der Waals surface area contributed by atoms with Crippen molar-refractivity contribution < 1.29 is 17.6 Å². The molecular weight excluding hydrogens is 433 g/mol. The van der Waals surface area contributed by atoms with Crippen molar-refractivity contribution in [1.29, 1.82) is 0 Å². The first-order valence-corrected chi connectivity index (χ1v) is 10.5. The van der Waals surface area contributed by atoms with Crippen LogP contribution in [0.2, 0.25) is 5.02 Å². The summed E-state index contributed by atoms with van der Waals surface area (Å²) in [5.41, 5.74) is 1.13. The first kappa shape index (κ1) is 19.9. The number of halogens is 2. The van der Waals surface area contributed by atoms with Gasteiger partial charge in [-0.2, -0.15) is 5.10 Å². The minimum atomic E-state index is -3.81. The number of rotatable bonds is 5. The highest BCUT2D eigenvalue weighted by Gasteiger charge is 2.18. The normalized spacial score (nSPS) is 11.6. The molecule has 0 aliphatic heterocycles. The SMILES string of the molecule is Cn1c(C(=O)Nc2ccc(S(=O)(=O)Nc3ccn[nH]3)cc2)cc2c(F)c(Cl)ccc21.